The minimum absolute atomic E-state index is 0.0558. The van der Waals surface area contributed by atoms with Crippen molar-refractivity contribution in [3.63, 3.8) is 0 Å². The number of esters is 2. The lowest BCUT2D eigenvalue weighted by molar-refractivity contribution is -0.234. The summed E-state index contributed by atoms with van der Waals surface area (Å²) >= 11 is 3.30. The smallest absolute Gasteiger partial charge is 0.306 e. The van der Waals surface area contributed by atoms with E-state index in [2.05, 4.69) is 27.8 Å². The first kappa shape index (κ1) is 31.9. The van der Waals surface area contributed by atoms with Gasteiger partial charge in [-0.15, -0.1) is 0 Å². The Morgan fingerprint density at radius 1 is 1.19 bits per heavy atom. The van der Waals surface area contributed by atoms with Crippen molar-refractivity contribution in [2.45, 2.75) is 103 Å². The zero-order valence-corrected chi connectivity index (χ0v) is 27.3. The van der Waals surface area contributed by atoms with E-state index < -0.39 is 64.4 Å². The predicted molar refractivity (Wildman–Crippen MR) is 162 cm³/mol. The van der Waals surface area contributed by atoms with E-state index >= 15 is 4.39 Å². The zero-order valence-electron chi connectivity index (χ0n) is 25.7. The van der Waals surface area contributed by atoms with Gasteiger partial charge in [0.25, 0.3) is 0 Å². The number of hydrogen-bond donors (Lipinski definition) is 1. The standard InChI is InChI=1S/C33H42BrFN2O6/c1-6-28(40)42-19-27(39)33(43-29(41)7-2)20(3)14-24-23-11-10-22-15-25-21(18-37(36-25)13-9-8-12-34)16-30(22,4)32(23,35)26(38)17-31(24,33)5/h15,18,20,23-24,26,38H,6-7,10-14,16-17,19H2,1-5H3/t20-,23-,24-,26-,30-,31-,32-,33-/m0/s1. The van der Waals surface area contributed by atoms with Gasteiger partial charge in [0, 0.05) is 41.7 Å². The fraction of sp³-hybridized carbons (Fsp3) is 0.697. The summed E-state index contributed by atoms with van der Waals surface area (Å²) in [6.45, 7) is 8.82. The molecule has 10 heteroatoms. The van der Waals surface area contributed by atoms with E-state index in [0.717, 1.165) is 16.8 Å². The molecule has 0 unspecified atom stereocenters. The summed E-state index contributed by atoms with van der Waals surface area (Å²) in [5, 5.41) is 17.2. The van der Waals surface area contributed by atoms with Gasteiger partial charge in [-0.3, -0.25) is 19.1 Å². The number of ketones is 1. The molecule has 0 saturated heterocycles. The normalized spacial score (nSPS) is 37.4. The van der Waals surface area contributed by atoms with Crippen molar-refractivity contribution >= 4 is 39.7 Å². The van der Waals surface area contributed by atoms with E-state index in [0.29, 0.717) is 37.6 Å². The van der Waals surface area contributed by atoms with Crippen LogP contribution in [0.5, 0.6) is 0 Å². The van der Waals surface area contributed by atoms with Crippen LogP contribution >= 0.6 is 15.9 Å². The first-order valence-corrected chi connectivity index (χ1v) is 16.5. The van der Waals surface area contributed by atoms with Crippen LogP contribution in [0.2, 0.25) is 0 Å². The average molecular weight is 662 g/mol. The van der Waals surface area contributed by atoms with Crippen LogP contribution in [0.15, 0.2) is 11.8 Å². The maximum atomic E-state index is 18.1. The van der Waals surface area contributed by atoms with Gasteiger partial charge in [-0.2, -0.15) is 5.10 Å². The molecule has 1 aromatic heterocycles. The van der Waals surface area contributed by atoms with Gasteiger partial charge >= 0.3 is 11.9 Å². The number of halogens is 2. The van der Waals surface area contributed by atoms with Gasteiger partial charge in [0.1, 0.15) is 12.2 Å². The van der Waals surface area contributed by atoms with E-state index in [9.17, 15) is 19.5 Å². The van der Waals surface area contributed by atoms with Crippen molar-refractivity contribution in [2.24, 2.45) is 28.6 Å². The number of ether oxygens (including phenoxy) is 2. The molecule has 1 aromatic rings. The topological polar surface area (TPSA) is 108 Å². The maximum Gasteiger partial charge on any atom is 0.306 e. The third kappa shape index (κ3) is 4.63. The number of aromatic nitrogens is 2. The number of rotatable bonds is 7. The largest absolute Gasteiger partial charge is 0.457 e. The summed E-state index contributed by atoms with van der Waals surface area (Å²) in [6.07, 6.45) is 4.58. The summed E-state index contributed by atoms with van der Waals surface area (Å²) in [5.41, 5.74) is -2.97. The molecule has 4 aliphatic carbocycles. The molecular weight excluding hydrogens is 619 g/mol. The Morgan fingerprint density at radius 3 is 2.58 bits per heavy atom. The molecule has 8 nitrogen and oxygen atoms in total. The Labute approximate surface area is 261 Å². The molecule has 43 heavy (non-hydrogen) atoms. The highest BCUT2D eigenvalue weighted by Crippen LogP contribution is 2.72. The number of hydrogen-bond acceptors (Lipinski definition) is 7. The molecule has 0 spiro atoms. The van der Waals surface area contributed by atoms with Gasteiger partial charge in [-0.1, -0.05) is 68.0 Å². The number of carbonyl (C=O) groups is 3. The van der Waals surface area contributed by atoms with E-state index in [1.54, 1.807) is 18.5 Å². The number of nitrogens with zero attached hydrogens (tertiary/aromatic N) is 2. The predicted octanol–water partition coefficient (Wildman–Crippen LogP) is 4.99. The van der Waals surface area contributed by atoms with Crippen molar-refractivity contribution < 1.29 is 33.4 Å². The lowest BCUT2D eigenvalue weighted by Crippen LogP contribution is -2.70. The first-order valence-electron chi connectivity index (χ1n) is 15.4. The van der Waals surface area contributed by atoms with Crippen molar-refractivity contribution in [1.29, 1.82) is 0 Å². The zero-order chi connectivity index (χ0) is 31.4. The molecule has 1 heterocycles. The summed E-state index contributed by atoms with van der Waals surface area (Å²) in [7, 11) is 0. The van der Waals surface area contributed by atoms with Gasteiger partial charge in [0.2, 0.25) is 5.78 Å². The van der Waals surface area contributed by atoms with Crippen molar-refractivity contribution in [1.82, 2.24) is 9.78 Å². The Kier molecular flexibility index (Phi) is 8.49. The fourth-order valence-electron chi connectivity index (χ4n) is 9.17. The molecule has 4 aliphatic rings. The first-order chi connectivity index (χ1) is 20.3. The molecule has 0 aromatic carbocycles. The SMILES string of the molecule is CCC(=O)OCC(=O)[C@@]1(OC(=O)CC)[C@@H](C)C[C@H]2[C@@H]3CCC4=Cc5nn(CC#CCBr)cc5C[C@]4(C)[C@@]3(F)[C@@H](O)C[C@@]21C. The number of aliphatic hydroxyl groups excluding tert-OH is 1. The van der Waals surface area contributed by atoms with E-state index in [1.807, 2.05) is 33.0 Å². The van der Waals surface area contributed by atoms with Gasteiger partial charge in [0.05, 0.1) is 17.1 Å². The molecule has 5 rings (SSSR count). The van der Waals surface area contributed by atoms with Crippen LogP contribution in [-0.2, 0) is 36.8 Å². The highest BCUT2D eigenvalue weighted by Gasteiger charge is 2.77. The van der Waals surface area contributed by atoms with Crippen LogP contribution in [0.4, 0.5) is 4.39 Å². The van der Waals surface area contributed by atoms with Crippen molar-refractivity contribution in [2.75, 3.05) is 11.9 Å². The number of fused-ring (bicyclic) bond motifs is 6. The third-order valence-corrected chi connectivity index (χ3v) is 11.4. The second-order valence-corrected chi connectivity index (χ2v) is 13.8. The van der Waals surface area contributed by atoms with E-state index in [-0.39, 0.29) is 25.2 Å². The Hall–Kier alpha value is -2.51. The molecule has 0 radical (unpaired) electrons. The summed E-state index contributed by atoms with van der Waals surface area (Å²) in [5.74, 6) is 3.08. The third-order valence-electron chi connectivity index (χ3n) is 11.2. The molecule has 1 N–H and O–H groups in total. The number of allylic oxidation sites excluding steroid dienone is 1. The highest BCUT2D eigenvalue weighted by molar-refractivity contribution is 9.09. The van der Waals surface area contributed by atoms with Gasteiger partial charge in [-0.25, -0.2) is 4.39 Å². The molecule has 3 saturated carbocycles. The van der Waals surface area contributed by atoms with Crippen LogP contribution in [-0.4, -0.2) is 61.9 Å². The van der Waals surface area contributed by atoms with Crippen LogP contribution in [0.1, 0.15) is 84.4 Å². The van der Waals surface area contributed by atoms with Gasteiger partial charge < -0.3 is 14.6 Å². The van der Waals surface area contributed by atoms with Crippen LogP contribution < -0.4 is 0 Å². The minimum atomic E-state index is -1.97. The number of aliphatic hydroxyl groups is 1. The number of carbonyl (C=O) groups excluding carboxylic acids is 3. The fourth-order valence-corrected chi connectivity index (χ4v) is 9.37. The summed E-state index contributed by atoms with van der Waals surface area (Å²) in [4.78, 5) is 38.9. The molecule has 0 aliphatic heterocycles. The Morgan fingerprint density at radius 2 is 1.91 bits per heavy atom. The van der Waals surface area contributed by atoms with Crippen LogP contribution in [0, 0.1) is 40.4 Å². The Balaban J connectivity index is 1.53. The van der Waals surface area contributed by atoms with E-state index in [4.69, 9.17) is 14.6 Å². The maximum absolute atomic E-state index is 18.1. The summed E-state index contributed by atoms with van der Waals surface area (Å²) in [6, 6.07) is 0. The lowest BCUT2D eigenvalue weighted by Gasteiger charge is -2.63. The second-order valence-electron chi connectivity index (χ2n) is 13.2. The highest BCUT2D eigenvalue weighted by atomic mass is 79.9. The van der Waals surface area contributed by atoms with Gasteiger partial charge in [0.15, 0.2) is 12.2 Å². The molecule has 0 bridgehead atoms. The molecule has 234 valence electrons. The molecule has 8 atom stereocenters. The lowest BCUT2D eigenvalue weighted by atomic mass is 9.43. The second kappa shape index (κ2) is 11.4. The quantitative estimate of drug-likeness (QED) is 0.250. The van der Waals surface area contributed by atoms with Gasteiger partial charge in [-0.05, 0) is 49.7 Å². The number of alkyl halides is 2. The van der Waals surface area contributed by atoms with Crippen molar-refractivity contribution in [3.8, 4) is 11.8 Å². The average Bonchev–Trinajstić information content (AvgIpc) is 3.45. The minimum Gasteiger partial charge on any atom is -0.457 e. The van der Waals surface area contributed by atoms with Crippen LogP contribution in [0.25, 0.3) is 6.08 Å². The molecule has 3 fully saturated rings. The van der Waals surface area contributed by atoms with Crippen LogP contribution in [0.3, 0.4) is 0 Å². The summed E-state index contributed by atoms with van der Waals surface area (Å²) < 4.78 is 31.2. The monoisotopic (exact) mass is 660 g/mol. The number of Topliss-reactive ketones (excluding diaryl/α,β-unsaturated/α-hetero) is 1. The van der Waals surface area contributed by atoms with Crippen molar-refractivity contribution in [3.05, 3.63) is 23.0 Å². The molecule has 0 amide bonds. The molecular formula is C33H42BrFN2O6. The Bertz CT molecular complexity index is 1410. The van der Waals surface area contributed by atoms with E-state index in [1.165, 1.54) is 0 Å².